The molecule has 5 heteroatoms. The van der Waals surface area contributed by atoms with Crippen LogP contribution in [0.2, 0.25) is 0 Å². The maximum Gasteiger partial charge on any atom is 0.251 e. The molecule has 0 radical (unpaired) electrons. The van der Waals surface area contributed by atoms with E-state index in [1.807, 2.05) is 33.8 Å². The molecular weight excluding hydrogens is 319 g/mol. The number of hydrogen-bond donors (Lipinski definition) is 2. The Morgan fingerprint density at radius 3 is 2.32 bits per heavy atom. The van der Waals surface area contributed by atoms with E-state index in [1.165, 1.54) is 6.07 Å². The summed E-state index contributed by atoms with van der Waals surface area (Å²) in [5.74, 6) is -1.43. The fraction of sp³-hybridized carbons (Fsp3) is 0.300. The van der Waals surface area contributed by atoms with Gasteiger partial charge in [0.25, 0.3) is 5.91 Å². The highest BCUT2D eigenvalue weighted by molar-refractivity contribution is 6.01. The van der Waals surface area contributed by atoms with E-state index in [1.54, 1.807) is 30.3 Å². The second-order valence-corrected chi connectivity index (χ2v) is 6.54. The van der Waals surface area contributed by atoms with Crippen molar-refractivity contribution in [2.24, 2.45) is 5.92 Å². The monoisotopic (exact) mass is 342 g/mol. The van der Waals surface area contributed by atoms with E-state index in [0.29, 0.717) is 5.56 Å². The summed E-state index contributed by atoms with van der Waals surface area (Å²) in [6.07, 6.45) is 0. The predicted octanol–water partition coefficient (Wildman–Crippen LogP) is 3.84. The lowest BCUT2D eigenvalue weighted by molar-refractivity contribution is -0.118. The molecule has 1 atom stereocenters. The van der Waals surface area contributed by atoms with E-state index in [2.05, 4.69) is 10.6 Å². The Kier molecular flexibility index (Phi) is 5.91. The number of carbonyl (C=O) groups is 2. The van der Waals surface area contributed by atoms with Gasteiger partial charge in [-0.25, -0.2) is 4.39 Å². The Hall–Kier alpha value is -2.69. The standard InChI is InChI=1S/C20H23FN2O2/c1-12(2)18(23-19(24)15-7-5-6-13(3)10-15)20(25)22-17-11-14(4)8-9-16(17)21/h5-12,18H,1-4H3,(H,22,25)(H,23,24)/t18-/m0/s1. The summed E-state index contributed by atoms with van der Waals surface area (Å²) in [4.78, 5) is 25.0. The van der Waals surface area contributed by atoms with Gasteiger partial charge in [0.2, 0.25) is 5.91 Å². The topological polar surface area (TPSA) is 58.2 Å². The molecule has 0 bridgehead atoms. The SMILES string of the molecule is Cc1cccc(C(=O)N[C@H](C(=O)Nc2cc(C)ccc2F)C(C)C)c1. The summed E-state index contributed by atoms with van der Waals surface area (Å²) in [7, 11) is 0. The number of benzene rings is 2. The van der Waals surface area contributed by atoms with Crippen molar-refractivity contribution >= 4 is 17.5 Å². The van der Waals surface area contributed by atoms with Crippen molar-refractivity contribution < 1.29 is 14.0 Å². The summed E-state index contributed by atoms with van der Waals surface area (Å²) in [6.45, 7) is 7.36. The average Bonchev–Trinajstić information content (AvgIpc) is 2.55. The molecule has 0 saturated heterocycles. The summed E-state index contributed by atoms with van der Waals surface area (Å²) < 4.78 is 13.9. The Labute approximate surface area is 147 Å². The molecule has 4 nitrogen and oxygen atoms in total. The highest BCUT2D eigenvalue weighted by atomic mass is 19.1. The predicted molar refractivity (Wildman–Crippen MR) is 97.0 cm³/mol. The highest BCUT2D eigenvalue weighted by Gasteiger charge is 2.25. The summed E-state index contributed by atoms with van der Waals surface area (Å²) in [5, 5.41) is 5.31. The molecule has 132 valence electrons. The second kappa shape index (κ2) is 7.92. The van der Waals surface area contributed by atoms with Crippen LogP contribution in [0.3, 0.4) is 0 Å². The molecule has 0 aliphatic carbocycles. The van der Waals surface area contributed by atoms with Crippen molar-refractivity contribution in [1.82, 2.24) is 5.32 Å². The number of amides is 2. The van der Waals surface area contributed by atoms with E-state index in [9.17, 15) is 14.0 Å². The van der Waals surface area contributed by atoms with Gasteiger partial charge in [0.05, 0.1) is 5.69 Å². The first-order valence-electron chi connectivity index (χ1n) is 8.22. The molecule has 0 unspecified atom stereocenters. The molecule has 25 heavy (non-hydrogen) atoms. The lowest BCUT2D eigenvalue weighted by Gasteiger charge is -2.22. The van der Waals surface area contributed by atoms with Crippen molar-refractivity contribution in [2.75, 3.05) is 5.32 Å². The van der Waals surface area contributed by atoms with Gasteiger partial charge in [-0.3, -0.25) is 9.59 Å². The normalized spacial score (nSPS) is 11.9. The zero-order valence-electron chi connectivity index (χ0n) is 14.9. The first kappa shape index (κ1) is 18.6. The minimum absolute atomic E-state index is 0.112. The largest absolute Gasteiger partial charge is 0.340 e. The van der Waals surface area contributed by atoms with Crippen LogP contribution in [0, 0.1) is 25.6 Å². The van der Waals surface area contributed by atoms with Crippen molar-refractivity contribution in [2.45, 2.75) is 33.7 Å². The number of carbonyl (C=O) groups excluding carboxylic acids is 2. The Bertz CT molecular complexity index is 787. The van der Waals surface area contributed by atoms with Gasteiger partial charge in [0, 0.05) is 5.56 Å². The molecule has 0 spiro atoms. The van der Waals surface area contributed by atoms with Gasteiger partial charge in [-0.2, -0.15) is 0 Å². The molecule has 0 aliphatic rings. The number of nitrogens with one attached hydrogen (secondary N) is 2. The maximum absolute atomic E-state index is 13.9. The van der Waals surface area contributed by atoms with Gasteiger partial charge in [-0.15, -0.1) is 0 Å². The molecule has 0 saturated carbocycles. The molecule has 0 aromatic heterocycles. The maximum atomic E-state index is 13.9. The van der Waals surface area contributed by atoms with Crippen molar-refractivity contribution in [3.05, 3.63) is 65.0 Å². The van der Waals surface area contributed by atoms with Gasteiger partial charge in [-0.1, -0.05) is 37.6 Å². The molecular formula is C20H23FN2O2. The molecule has 2 N–H and O–H groups in total. The van der Waals surface area contributed by atoms with Gasteiger partial charge < -0.3 is 10.6 Å². The lowest BCUT2D eigenvalue weighted by Crippen LogP contribution is -2.47. The average molecular weight is 342 g/mol. The quantitative estimate of drug-likeness (QED) is 0.867. The zero-order chi connectivity index (χ0) is 18.6. The Morgan fingerprint density at radius 1 is 1.00 bits per heavy atom. The van der Waals surface area contributed by atoms with Crippen LogP contribution in [0.15, 0.2) is 42.5 Å². The third-order valence-electron chi connectivity index (χ3n) is 3.90. The van der Waals surface area contributed by atoms with Crippen LogP contribution in [0.1, 0.15) is 35.3 Å². The number of anilines is 1. The van der Waals surface area contributed by atoms with Gasteiger partial charge in [0.15, 0.2) is 0 Å². The first-order chi connectivity index (χ1) is 11.8. The fourth-order valence-electron chi connectivity index (χ4n) is 2.49. The number of hydrogen-bond acceptors (Lipinski definition) is 2. The van der Waals surface area contributed by atoms with Crippen LogP contribution >= 0.6 is 0 Å². The summed E-state index contributed by atoms with van der Waals surface area (Å²) in [6, 6.07) is 10.9. The van der Waals surface area contributed by atoms with E-state index in [4.69, 9.17) is 0 Å². The van der Waals surface area contributed by atoms with Gasteiger partial charge in [-0.05, 0) is 49.6 Å². The smallest absolute Gasteiger partial charge is 0.251 e. The van der Waals surface area contributed by atoms with E-state index in [-0.39, 0.29) is 17.5 Å². The molecule has 0 fully saturated rings. The van der Waals surface area contributed by atoms with E-state index < -0.39 is 17.8 Å². The van der Waals surface area contributed by atoms with Crippen LogP contribution in [0.4, 0.5) is 10.1 Å². The molecule has 0 aliphatic heterocycles. The molecule has 2 aromatic rings. The van der Waals surface area contributed by atoms with Crippen molar-refractivity contribution in [3.63, 3.8) is 0 Å². The fourth-order valence-corrected chi connectivity index (χ4v) is 2.49. The van der Waals surface area contributed by atoms with Gasteiger partial charge >= 0.3 is 0 Å². The Morgan fingerprint density at radius 2 is 1.68 bits per heavy atom. The van der Waals surface area contributed by atoms with E-state index in [0.717, 1.165) is 11.1 Å². The molecule has 2 amide bonds. The Balaban J connectivity index is 2.15. The molecule has 2 rings (SSSR count). The van der Waals surface area contributed by atoms with Crippen LogP contribution in [-0.4, -0.2) is 17.9 Å². The number of aryl methyl sites for hydroxylation is 2. The second-order valence-electron chi connectivity index (χ2n) is 6.54. The third kappa shape index (κ3) is 4.89. The lowest BCUT2D eigenvalue weighted by atomic mass is 10.0. The van der Waals surface area contributed by atoms with Crippen LogP contribution in [-0.2, 0) is 4.79 Å². The summed E-state index contributed by atoms with van der Waals surface area (Å²) >= 11 is 0. The minimum Gasteiger partial charge on any atom is -0.340 e. The van der Waals surface area contributed by atoms with Gasteiger partial charge in [0.1, 0.15) is 11.9 Å². The zero-order valence-corrected chi connectivity index (χ0v) is 14.9. The first-order valence-corrected chi connectivity index (χ1v) is 8.22. The van der Waals surface area contributed by atoms with Crippen LogP contribution < -0.4 is 10.6 Å². The summed E-state index contributed by atoms with van der Waals surface area (Å²) in [5.41, 5.74) is 2.39. The minimum atomic E-state index is -0.770. The van der Waals surface area contributed by atoms with Crippen LogP contribution in [0.5, 0.6) is 0 Å². The highest BCUT2D eigenvalue weighted by Crippen LogP contribution is 2.17. The van der Waals surface area contributed by atoms with E-state index >= 15 is 0 Å². The third-order valence-corrected chi connectivity index (χ3v) is 3.90. The van der Waals surface area contributed by atoms with Crippen molar-refractivity contribution in [1.29, 1.82) is 0 Å². The van der Waals surface area contributed by atoms with Crippen molar-refractivity contribution in [3.8, 4) is 0 Å². The number of rotatable bonds is 5. The molecule has 2 aromatic carbocycles. The molecule has 0 heterocycles. The van der Waals surface area contributed by atoms with Crippen LogP contribution in [0.25, 0.3) is 0 Å². The number of halogens is 1.